The summed E-state index contributed by atoms with van der Waals surface area (Å²) >= 11 is 0. The number of amides is 1. The van der Waals surface area contributed by atoms with Crippen LogP contribution in [0.4, 0.5) is 9.18 Å². The number of hydrogen-bond acceptors (Lipinski definition) is 4. The minimum absolute atomic E-state index is 0.00564. The maximum absolute atomic E-state index is 14.2. The zero-order valence-electron chi connectivity index (χ0n) is 15.8. The lowest BCUT2D eigenvalue weighted by Crippen LogP contribution is -2.35. The third-order valence-electron chi connectivity index (χ3n) is 3.46. The van der Waals surface area contributed by atoms with Gasteiger partial charge in [-0.2, -0.15) is 0 Å². The maximum atomic E-state index is 14.2. The lowest BCUT2D eigenvalue weighted by atomic mass is 10.1. The fraction of sp³-hybridized carbons (Fsp3) is 0.333. The summed E-state index contributed by atoms with van der Waals surface area (Å²) in [6, 6.07) is 13.9. The van der Waals surface area contributed by atoms with Gasteiger partial charge in [-0.05, 0) is 44.0 Å². The van der Waals surface area contributed by atoms with E-state index in [-0.39, 0.29) is 31.1 Å². The predicted molar refractivity (Wildman–Crippen MR) is 100 cm³/mol. The van der Waals surface area contributed by atoms with Gasteiger partial charge >= 0.3 is 6.09 Å². The van der Waals surface area contributed by atoms with Gasteiger partial charge in [0.2, 0.25) is 0 Å². The second-order valence-corrected chi connectivity index (χ2v) is 7.11. The van der Waals surface area contributed by atoms with E-state index >= 15 is 0 Å². The smallest absolute Gasteiger partial charge is 0.408 e. The van der Waals surface area contributed by atoms with Gasteiger partial charge in [-0.15, -0.1) is 0 Å². The summed E-state index contributed by atoms with van der Waals surface area (Å²) in [6.07, 6.45) is -0.655. The molecule has 2 aromatic rings. The lowest BCUT2D eigenvalue weighted by Gasteiger charge is -2.19. The van der Waals surface area contributed by atoms with Crippen molar-refractivity contribution in [2.45, 2.75) is 39.4 Å². The van der Waals surface area contributed by atoms with Crippen molar-refractivity contribution < 1.29 is 23.5 Å². The number of Topliss-reactive ketones (excluding diaryl/α,β-unsaturated/α-hetero) is 1. The Kier molecular flexibility index (Phi) is 6.93. The molecule has 0 heterocycles. The Labute approximate surface area is 158 Å². The van der Waals surface area contributed by atoms with Crippen LogP contribution < -0.4 is 10.1 Å². The molecule has 0 atom stereocenters. The van der Waals surface area contributed by atoms with E-state index in [2.05, 4.69) is 5.32 Å². The van der Waals surface area contributed by atoms with E-state index in [1.165, 1.54) is 12.1 Å². The molecule has 1 amide bonds. The summed E-state index contributed by atoms with van der Waals surface area (Å²) < 4.78 is 24.7. The fourth-order valence-electron chi connectivity index (χ4n) is 2.28. The molecule has 0 radical (unpaired) electrons. The highest BCUT2D eigenvalue weighted by Crippen LogP contribution is 2.20. The predicted octanol–water partition coefficient (Wildman–Crippen LogP) is 4.04. The molecule has 2 aromatic carbocycles. The molecule has 6 heteroatoms. The van der Waals surface area contributed by atoms with Crippen LogP contribution in [0.2, 0.25) is 0 Å². The van der Waals surface area contributed by atoms with Crippen LogP contribution >= 0.6 is 0 Å². The highest BCUT2D eigenvalue weighted by molar-refractivity contribution is 5.85. The molecule has 0 aromatic heterocycles. The molecule has 0 aliphatic carbocycles. The summed E-state index contributed by atoms with van der Waals surface area (Å²) in [5, 5.41) is 2.39. The van der Waals surface area contributed by atoms with E-state index in [9.17, 15) is 14.0 Å². The molecule has 0 saturated heterocycles. The molecule has 0 saturated carbocycles. The largest absolute Gasteiger partial charge is 0.486 e. The van der Waals surface area contributed by atoms with E-state index in [0.29, 0.717) is 5.56 Å². The van der Waals surface area contributed by atoms with Crippen molar-refractivity contribution in [1.82, 2.24) is 5.32 Å². The van der Waals surface area contributed by atoms with Gasteiger partial charge in [-0.25, -0.2) is 9.18 Å². The van der Waals surface area contributed by atoms with Gasteiger partial charge in [-0.3, -0.25) is 4.79 Å². The highest BCUT2D eigenvalue weighted by atomic mass is 19.1. The van der Waals surface area contributed by atoms with Crippen molar-refractivity contribution >= 4 is 11.9 Å². The summed E-state index contributed by atoms with van der Waals surface area (Å²) in [7, 11) is 0. The number of rotatable bonds is 7. The number of carbonyl (C=O) groups is 2. The van der Waals surface area contributed by atoms with E-state index in [0.717, 1.165) is 5.56 Å². The molecule has 2 rings (SSSR count). The third kappa shape index (κ3) is 7.48. The minimum Gasteiger partial charge on any atom is -0.486 e. The van der Waals surface area contributed by atoms with Gasteiger partial charge in [0.25, 0.3) is 0 Å². The second-order valence-electron chi connectivity index (χ2n) is 7.11. The van der Waals surface area contributed by atoms with Crippen molar-refractivity contribution in [3.8, 4) is 5.75 Å². The van der Waals surface area contributed by atoms with Crippen LogP contribution in [0.3, 0.4) is 0 Å². The maximum Gasteiger partial charge on any atom is 0.408 e. The first-order valence-electron chi connectivity index (χ1n) is 8.66. The van der Waals surface area contributed by atoms with Gasteiger partial charge in [0.05, 0.1) is 6.54 Å². The van der Waals surface area contributed by atoms with E-state index in [1.807, 2.05) is 30.3 Å². The molecule has 144 valence electrons. The first-order chi connectivity index (χ1) is 12.7. The molecule has 0 fully saturated rings. The fourth-order valence-corrected chi connectivity index (χ4v) is 2.28. The average molecular weight is 373 g/mol. The zero-order valence-corrected chi connectivity index (χ0v) is 15.8. The number of carbonyl (C=O) groups excluding carboxylic acids is 2. The second kappa shape index (κ2) is 9.16. The number of ether oxygens (including phenoxy) is 2. The summed E-state index contributed by atoms with van der Waals surface area (Å²) in [4.78, 5) is 23.5. The lowest BCUT2D eigenvalue weighted by molar-refractivity contribution is -0.117. The van der Waals surface area contributed by atoms with Crippen LogP contribution in [0.15, 0.2) is 48.5 Å². The zero-order chi connectivity index (χ0) is 19.9. The number of halogens is 1. The Morgan fingerprint density at radius 2 is 1.74 bits per heavy atom. The van der Waals surface area contributed by atoms with E-state index in [4.69, 9.17) is 9.47 Å². The van der Waals surface area contributed by atoms with Gasteiger partial charge in [-0.1, -0.05) is 36.4 Å². The monoisotopic (exact) mass is 373 g/mol. The van der Waals surface area contributed by atoms with Crippen LogP contribution in [0, 0.1) is 5.82 Å². The number of benzene rings is 2. The number of ketones is 1. The molecule has 0 aliphatic heterocycles. The highest BCUT2D eigenvalue weighted by Gasteiger charge is 2.17. The first kappa shape index (κ1) is 20.4. The van der Waals surface area contributed by atoms with E-state index < -0.39 is 17.5 Å². The van der Waals surface area contributed by atoms with E-state index in [1.54, 1.807) is 26.8 Å². The molecule has 0 spiro atoms. The van der Waals surface area contributed by atoms with Crippen LogP contribution in [-0.2, 0) is 22.6 Å². The Bertz CT molecular complexity index is 785. The summed E-state index contributed by atoms with van der Waals surface area (Å²) in [6.45, 7) is 5.29. The van der Waals surface area contributed by atoms with Crippen LogP contribution in [0.5, 0.6) is 5.75 Å². The van der Waals surface area contributed by atoms with Crippen molar-refractivity contribution in [2.24, 2.45) is 0 Å². The minimum atomic E-state index is -0.660. The average Bonchev–Trinajstić information content (AvgIpc) is 2.59. The molecule has 0 bridgehead atoms. The van der Waals surface area contributed by atoms with Gasteiger partial charge in [0, 0.05) is 6.42 Å². The number of nitrogens with one attached hydrogen (secondary N) is 1. The summed E-state index contributed by atoms with van der Waals surface area (Å²) in [5.41, 5.74) is 0.811. The number of alkyl carbamates (subject to hydrolysis) is 1. The molecule has 0 aliphatic rings. The molecular formula is C21H24FNO4. The normalized spacial score (nSPS) is 11.0. The number of hydrogen-bond donors (Lipinski definition) is 1. The van der Waals surface area contributed by atoms with Crippen molar-refractivity contribution in [3.05, 3.63) is 65.5 Å². The summed E-state index contributed by atoms with van der Waals surface area (Å²) in [5.74, 6) is -0.656. The standard InChI is InChI=1S/C21H24FNO4/c1-21(2,3)27-20(25)23-13-17(24)11-16-9-10-19(18(22)12-16)26-14-15-7-5-4-6-8-15/h4-10,12H,11,13-14H2,1-3H3,(H,23,25). The quantitative estimate of drug-likeness (QED) is 0.795. The van der Waals surface area contributed by atoms with Gasteiger partial charge in [0.15, 0.2) is 17.3 Å². The molecule has 1 N–H and O–H groups in total. The van der Waals surface area contributed by atoms with Gasteiger partial charge in [0.1, 0.15) is 12.2 Å². The topological polar surface area (TPSA) is 64.6 Å². The molecule has 0 unspecified atom stereocenters. The Hall–Kier alpha value is -2.89. The van der Waals surface area contributed by atoms with Crippen LogP contribution in [0.25, 0.3) is 0 Å². The first-order valence-corrected chi connectivity index (χ1v) is 8.66. The molecule has 5 nitrogen and oxygen atoms in total. The Morgan fingerprint density at radius 3 is 2.37 bits per heavy atom. The Balaban J connectivity index is 1.84. The molecular weight excluding hydrogens is 349 g/mol. The third-order valence-corrected chi connectivity index (χ3v) is 3.46. The Morgan fingerprint density at radius 1 is 1.04 bits per heavy atom. The SMILES string of the molecule is CC(C)(C)OC(=O)NCC(=O)Cc1ccc(OCc2ccccc2)c(F)c1. The van der Waals surface area contributed by atoms with Crippen LogP contribution in [-0.4, -0.2) is 24.0 Å². The van der Waals surface area contributed by atoms with Crippen molar-refractivity contribution in [3.63, 3.8) is 0 Å². The van der Waals surface area contributed by atoms with Crippen molar-refractivity contribution in [1.29, 1.82) is 0 Å². The molecule has 27 heavy (non-hydrogen) atoms. The van der Waals surface area contributed by atoms with Crippen molar-refractivity contribution in [2.75, 3.05) is 6.54 Å². The van der Waals surface area contributed by atoms with Gasteiger partial charge < -0.3 is 14.8 Å². The van der Waals surface area contributed by atoms with Crippen LogP contribution in [0.1, 0.15) is 31.9 Å².